The van der Waals surface area contributed by atoms with E-state index in [9.17, 15) is 4.79 Å². The summed E-state index contributed by atoms with van der Waals surface area (Å²) in [5.41, 5.74) is 0. The van der Waals surface area contributed by atoms with E-state index in [0.717, 1.165) is 6.42 Å². The van der Waals surface area contributed by atoms with Crippen LogP contribution < -0.4 is 0 Å². The highest BCUT2D eigenvalue weighted by Crippen LogP contribution is 2.08. The van der Waals surface area contributed by atoms with Crippen LogP contribution in [0.25, 0.3) is 0 Å². The number of carboxylic acids is 1. The molecular formula is C18H24O2. The molecule has 0 fully saturated rings. The van der Waals surface area contributed by atoms with E-state index in [1.807, 2.05) is 18.1 Å². The van der Waals surface area contributed by atoms with E-state index in [4.69, 9.17) is 5.11 Å². The zero-order valence-corrected chi connectivity index (χ0v) is 12.3. The van der Waals surface area contributed by atoms with Crippen LogP contribution in [0.2, 0.25) is 0 Å². The summed E-state index contributed by atoms with van der Waals surface area (Å²) in [5, 5.41) is 8.25. The number of carboxylic acid groups (broad SMARTS) is 1. The number of rotatable bonds is 9. The van der Waals surface area contributed by atoms with E-state index >= 15 is 0 Å². The number of hydrogen-bond donors (Lipinski definition) is 1. The van der Waals surface area contributed by atoms with Gasteiger partial charge in [0.25, 0.3) is 0 Å². The van der Waals surface area contributed by atoms with Crippen LogP contribution in [0.4, 0.5) is 0 Å². The molecule has 0 bridgehead atoms. The van der Waals surface area contributed by atoms with Crippen LogP contribution in [-0.4, -0.2) is 11.1 Å². The molecule has 0 rings (SSSR count). The van der Waals surface area contributed by atoms with E-state index in [1.165, 1.54) is 44.9 Å². The molecule has 0 amide bonds. The van der Waals surface area contributed by atoms with Crippen molar-refractivity contribution >= 4 is 5.97 Å². The third-order valence-corrected chi connectivity index (χ3v) is 2.71. The molecule has 0 aliphatic carbocycles. The zero-order valence-electron chi connectivity index (χ0n) is 12.3. The van der Waals surface area contributed by atoms with Gasteiger partial charge in [0, 0.05) is 5.92 Å². The van der Waals surface area contributed by atoms with E-state index in [0.29, 0.717) is 0 Å². The molecule has 1 N–H and O–H groups in total. The molecule has 2 nitrogen and oxygen atoms in total. The Kier molecular flexibility index (Phi) is 13.7. The minimum absolute atomic E-state index is 1.10. The van der Waals surface area contributed by atoms with Crippen LogP contribution in [0.15, 0.2) is 24.3 Å². The van der Waals surface area contributed by atoms with Crippen LogP contribution in [-0.2, 0) is 4.79 Å². The highest BCUT2D eigenvalue weighted by Gasteiger charge is 1.88. The van der Waals surface area contributed by atoms with Gasteiger partial charge in [-0.05, 0) is 30.8 Å². The summed E-state index contributed by atoms with van der Waals surface area (Å²) in [6, 6.07) is 0. The average molecular weight is 272 g/mol. The standard InChI is InChI=1S/C18H24O2/c1-2-3-4-5-6-7-8-9-10-11-12-13-14-15-16-17-18(19)20/h10-13H,2-9H2,1H3,(H,19,20). The van der Waals surface area contributed by atoms with Gasteiger partial charge in [-0.15, -0.1) is 0 Å². The predicted octanol–water partition coefficient (Wildman–Crippen LogP) is 4.33. The molecule has 2 heteroatoms. The van der Waals surface area contributed by atoms with Gasteiger partial charge in [-0.3, -0.25) is 0 Å². The molecule has 0 atom stereocenters. The number of unbranched alkanes of at least 4 members (excludes halogenated alkanes) is 7. The minimum Gasteiger partial charge on any atom is -0.472 e. The third kappa shape index (κ3) is 16.1. The molecule has 0 saturated heterocycles. The predicted molar refractivity (Wildman–Crippen MR) is 84.1 cm³/mol. The lowest BCUT2D eigenvalue weighted by Gasteiger charge is -1.98. The largest absolute Gasteiger partial charge is 0.472 e. The van der Waals surface area contributed by atoms with Gasteiger partial charge in [0.1, 0.15) is 0 Å². The summed E-state index contributed by atoms with van der Waals surface area (Å²) in [7, 11) is 0. The maximum Gasteiger partial charge on any atom is 0.382 e. The molecular weight excluding hydrogens is 248 g/mol. The van der Waals surface area contributed by atoms with E-state index in [-0.39, 0.29) is 0 Å². The number of allylic oxidation sites excluding steroid dienone is 4. The van der Waals surface area contributed by atoms with Crippen LogP contribution in [0, 0.1) is 23.7 Å². The SMILES string of the molecule is CCCCCCCCCC=CC=CC#CC#CC(=O)O. The first-order chi connectivity index (χ1) is 9.77. The highest BCUT2D eigenvalue weighted by molar-refractivity contribution is 5.87. The van der Waals surface area contributed by atoms with Gasteiger partial charge in [-0.25, -0.2) is 4.79 Å². The Balaban J connectivity index is 3.48. The van der Waals surface area contributed by atoms with Gasteiger partial charge < -0.3 is 5.11 Å². The second kappa shape index (κ2) is 15.1. The van der Waals surface area contributed by atoms with Crippen molar-refractivity contribution < 1.29 is 9.90 Å². The van der Waals surface area contributed by atoms with Crippen molar-refractivity contribution in [2.24, 2.45) is 0 Å². The Labute approximate surface area is 123 Å². The summed E-state index contributed by atoms with van der Waals surface area (Å²) in [6.45, 7) is 2.24. The van der Waals surface area contributed by atoms with Gasteiger partial charge in [0.2, 0.25) is 0 Å². The lowest BCUT2D eigenvalue weighted by atomic mass is 10.1. The maximum absolute atomic E-state index is 10.1. The van der Waals surface area contributed by atoms with E-state index < -0.39 is 5.97 Å². The maximum atomic E-state index is 10.1. The van der Waals surface area contributed by atoms with Gasteiger partial charge in [0.05, 0.1) is 0 Å². The fraction of sp³-hybridized carbons (Fsp3) is 0.500. The molecule has 20 heavy (non-hydrogen) atoms. The molecule has 0 saturated carbocycles. The van der Waals surface area contributed by atoms with E-state index in [2.05, 4.69) is 30.8 Å². The number of hydrogen-bond acceptors (Lipinski definition) is 1. The summed E-state index contributed by atoms with van der Waals surface area (Å²) in [4.78, 5) is 10.1. The molecule has 0 heterocycles. The lowest BCUT2D eigenvalue weighted by molar-refractivity contribution is -0.130. The Morgan fingerprint density at radius 1 is 1.00 bits per heavy atom. The number of carbonyl (C=O) groups is 1. The second-order valence-electron chi connectivity index (χ2n) is 4.52. The smallest absolute Gasteiger partial charge is 0.382 e. The van der Waals surface area contributed by atoms with Crippen LogP contribution in [0.1, 0.15) is 58.3 Å². The molecule has 108 valence electrons. The molecule has 0 aromatic heterocycles. The Morgan fingerprint density at radius 3 is 2.40 bits per heavy atom. The molecule has 0 aliphatic rings. The summed E-state index contributed by atoms with van der Waals surface area (Å²) in [6.07, 6.45) is 18.0. The second-order valence-corrected chi connectivity index (χ2v) is 4.52. The fourth-order valence-corrected chi connectivity index (χ4v) is 1.66. The van der Waals surface area contributed by atoms with Crippen LogP contribution in [0.3, 0.4) is 0 Å². The normalized spacial score (nSPS) is 10.1. The van der Waals surface area contributed by atoms with Crippen molar-refractivity contribution in [3.05, 3.63) is 24.3 Å². The lowest BCUT2D eigenvalue weighted by Crippen LogP contribution is -1.85. The van der Waals surface area contributed by atoms with Crippen LogP contribution in [0.5, 0.6) is 0 Å². The van der Waals surface area contributed by atoms with Gasteiger partial charge in [-0.2, -0.15) is 0 Å². The average Bonchev–Trinajstić information content (AvgIpc) is 2.43. The fourth-order valence-electron chi connectivity index (χ4n) is 1.66. The zero-order chi connectivity index (χ0) is 14.9. The highest BCUT2D eigenvalue weighted by atomic mass is 16.4. The van der Waals surface area contributed by atoms with E-state index in [1.54, 1.807) is 6.08 Å². The molecule has 0 aromatic rings. The Morgan fingerprint density at radius 2 is 1.70 bits per heavy atom. The van der Waals surface area contributed by atoms with Crippen LogP contribution >= 0.6 is 0 Å². The Bertz CT molecular complexity index is 422. The first-order valence-electron chi connectivity index (χ1n) is 7.33. The quantitative estimate of drug-likeness (QED) is 0.385. The van der Waals surface area contributed by atoms with Gasteiger partial charge >= 0.3 is 5.97 Å². The molecule has 0 spiro atoms. The van der Waals surface area contributed by atoms with Crippen molar-refractivity contribution in [2.75, 3.05) is 0 Å². The van der Waals surface area contributed by atoms with Crippen molar-refractivity contribution in [3.8, 4) is 23.7 Å². The molecule has 0 aromatic carbocycles. The molecule has 0 radical (unpaired) electrons. The third-order valence-electron chi connectivity index (χ3n) is 2.71. The topological polar surface area (TPSA) is 37.3 Å². The molecule has 0 unspecified atom stereocenters. The first-order valence-corrected chi connectivity index (χ1v) is 7.33. The Hall–Kier alpha value is -1.93. The monoisotopic (exact) mass is 272 g/mol. The summed E-state index contributed by atoms with van der Waals surface area (Å²) >= 11 is 0. The van der Waals surface area contributed by atoms with Crippen molar-refractivity contribution in [1.82, 2.24) is 0 Å². The number of aliphatic carboxylic acids is 1. The van der Waals surface area contributed by atoms with Gasteiger partial charge in [0.15, 0.2) is 0 Å². The van der Waals surface area contributed by atoms with Crippen molar-refractivity contribution in [2.45, 2.75) is 58.3 Å². The first kappa shape index (κ1) is 18.1. The summed E-state index contributed by atoms with van der Waals surface area (Å²) < 4.78 is 0. The molecule has 0 aliphatic heterocycles. The minimum atomic E-state index is -1.15. The van der Waals surface area contributed by atoms with Crippen molar-refractivity contribution in [3.63, 3.8) is 0 Å². The summed E-state index contributed by atoms with van der Waals surface area (Å²) in [5.74, 6) is 8.11. The van der Waals surface area contributed by atoms with Crippen molar-refractivity contribution in [1.29, 1.82) is 0 Å². The van der Waals surface area contributed by atoms with Gasteiger partial charge in [-0.1, -0.05) is 69.6 Å².